The molecule has 0 amide bonds. The third-order valence-electron chi connectivity index (χ3n) is 4.39. The van der Waals surface area contributed by atoms with Gasteiger partial charge in [-0.25, -0.2) is 0 Å². The van der Waals surface area contributed by atoms with E-state index in [0.29, 0.717) is 18.7 Å². The van der Waals surface area contributed by atoms with Gasteiger partial charge in [-0.05, 0) is 31.8 Å². The minimum atomic E-state index is 0.340. The van der Waals surface area contributed by atoms with E-state index in [9.17, 15) is 5.11 Å². The predicted octanol–water partition coefficient (Wildman–Crippen LogP) is 1.22. The fraction of sp³-hybridized carbons (Fsp3) is 1.00. The Labute approximate surface area is 99.2 Å². The molecule has 2 rings (SSSR count). The summed E-state index contributed by atoms with van der Waals surface area (Å²) in [6.07, 6.45) is 6.38. The van der Waals surface area contributed by atoms with Crippen molar-refractivity contribution in [2.45, 2.75) is 51.1 Å². The molecule has 2 fully saturated rings. The molecule has 0 aromatic rings. The number of aliphatic hydroxyl groups excluding tert-OH is 1. The molecule has 0 saturated carbocycles. The Bertz CT molecular complexity index is 210. The van der Waals surface area contributed by atoms with Gasteiger partial charge in [0.2, 0.25) is 0 Å². The van der Waals surface area contributed by atoms with E-state index >= 15 is 0 Å². The molecule has 2 N–H and O–H groups in total. The van der Waals surface area contributed by atoms with E-state index in [1.165, 1.54) is 38.6 Å². The lowest BCUT2D eigenvalue weighted by molar-refractivity contribution is 0.0730. The summed E-state index contributed by atoms with van der Waals surface area (Å²) in [5.41, 5.74) is 0. The van der Waals surface area contributed by atoms with Gasteiger partial charge in [-0.15, -0.1) is 0 Å². The van der Waals surface area contributed by atoms with Crippen molar-refractivity contribution >= 4 is 0 Å². The van der Waals surface area contributed by atoms with E-state index in [-0.39, 0.29) is 0 Å². The molecule has 3 atom stereocenters. The van der Waals surface area contributed by atoms with E-state index in [1.54, 1.807) is 0 Å². The van der Waals surface area contributed by atoms with Crippen LogP contribution in [0.15, 0.2) is 0 Å². The van der Waals surface area contributed by atoms with Gasteiger partial charge in [-0.3, -0.25) is 4.90 Å². The maximum Gasteiger partial charge on any atom is 0.0586 e. The first-order valence-electron chi connectivity index (χ1n) is 6.94. The highest BCUT2D eigenvalue weighted by atomic mass is 16.3. The zero-order chi connectivity index (χ0) is 11.4. The van der Waals surface area contributed by atoms with E-state index in [4.69, 9.17) is 0 Å². The van der Waals surface area contributed by atoms with E-state index in [0.717, 1.165) is 19.0 Å². The van der Waals surface area contributed by atoms with Gasteiger partial charge in [0.05, 0.1) is 6.61 Å². The zero-order valence-electron chi connectivity index (χ0n) is 10.5. The first kappa shape index (κ1) is 12.3. The van der Waals surface area contributed by atoms with Gasteiger partial charge in [0.15, 0.2) is 0 Å². The molecule has 2 aliphatic rings. The van der Waals surface area contributed by atoms with E-state index < -0.39 is 0 Å². The second-order valence-corrected chi connectivity index (χ2v) is 5.32. The Hall–Kier alpha value is -0.120. The molecular weight excluding hydrogens is 200 g/mol. The van der Waals surface area contributed by atoms with Crippen LogP contribution >= 0.6 is 0 Å². The number of nitrogens with one attached hydrogen (secondary N) is 1. The Balaban J connectivity index is 2.03. The third-order valence-corrected chi connectivity index (χ3v) is 4.39. The number of hydrogen-bond acceptors (Lipinski definition) is 3. The van der Waals surface area contributed by atoms with Gasteiger partial charge in [-0.1, -0.05) is 26.2 Å². The first-order valence-corrected chi connectivity index (χ1v) is 6.94. The van der Waals surface area contributed by atoms with Crippen molar-refractivity contribution in [2.24, 2.45) is 5.92 Å². The topological polar surface area (TPSA) is 35.5 Å². The molecule has 0 aromatic carbocycles. The van der Waals surface area contributed by atoms with Gasteiger partial charge in [0.1, 0.15) is 0 Å². The minimum absolute atomic E-state index is 0.340. The quantitative estimate of drug-likeness (QED) is 0.759. The highest BCUT2D eigenvalue weighted by Gasteiger charge is 2.34. The van der Waals surface area contributed by atoms with Crippen LogP contribution in [0, 0.1) is 5.92 Å². The van der Waals surface area contributed by atoms with Gasteiger partial charge < -0.3 is 10.4 Å². The van der Waals surface area contributed by atoms with Crippen LogP contribution in [0.3, 0.4) is 0 Å². The maximum atomic E-state index is 9.54. The van der Waals surface area contributed by atoms with Gasteiger partial charge in [0, 0.05) is 18.6 Å². The summed E-state index contributed by atoms with van der Waals surface area (Å²) < 4.78 is 0. The average Bonchev–Trinajstić information content (AvgIpc) is 2.66. The monoisotopic (exact) mass is 226 g/mol. The van der Waals surface area contributed by atoms with Gasteiger partial charge >= 0.3 is 0 Å². The molecule has 0 spiro atoms. The summed E-state index contributed by atoms with van der Waals surface area (Å²) in [6.45, 7) is 6.10. The van der Waals surface area contributed by atoms with Crippen LogP contribution in [0.1, 0.15) is 39.0 Å². The summed E-state index contributed by atoms with van der Waals surface area (Å²) in [5.74, 6) is 0.784. The number of nitrogens with zero attached hydrogens (tertiary/aromatic N) is 1. The summed E-state index contributed by atoms with van der Waals surface area (Å²) in [7, 11) is 0. The minimum Gasteiger partial charge on any atom is -0.395 e. The van der Waals surface area contributed by atoms with Crippen LogP contribution in [0.25, 0.3) is 0 Å². The van der Waals surface area contributed by atoms with Crippen molar-refractivity contribution in [1.82, 2.24) is 10.2 Å². The Morgan fingerprint density at radius 2 is 2.12 bits per heavy atom. The first-order chi connectivity index (χ1) is 7.86. The van der Waals surface area contributed by atoms with Crippen molar-refractivity contribution in [1.29, 1.82) is 0 Å². The fourth-order valence-electron chi connectivity index (χ4n) is 3.36. The summed E-state index contributed by atoms with van der Waals surface area (Å²) in [6, 6.07) is 1.08. The van der Waals surface area contributed by atoms with Crippen LogP contribution in [0.4, 0.5) is 0 Å². The van der Waals surface area contributed by atoms with Crippen LogP contribution in [0.5, 0.6) is 0 Å². The van der Waals surface area contributed by atoms with Crippen molar-refractivity contribution in [3.63, 3.8) is 0 Å². The van der Waals surface area contributed by atoms with Crippen LogP contribution in [0.2, 0.25) is 0 Å². The lowest BCUT2D eigenvalue weighted by atomic mass is 9.97. The lowest BCUT2D eigenvalue weighted by Gasteiger charge is -2.36. The van der Waals surface area contributed by atoms with E-state index in [1.807, 2.05) is 0 Å². The molecule has 2 aliphatic heterocycles. The molecule has 3 nitrogen and oxygen atoms in total. The molecule has 0 radical (unpaired) electrons. The number of hydrogen-bond donors (Lipinski definition) is 2. The smallest absolute Gasteiger partial charge is 0.0586 e. The van der Waals surface area contributed by atoms with Crippen molar-refractivity contribution in [3.05, 3.63) is 0 Å². The molecular formula is C13H26N2O. The second-order valence-electron chi connectivity index (χ2n) is 5.32. The van der Waals surface area contributed by atoms with Gasteiger partial charge in [-0.2, -0.15) is 0 Å². The fourth-order valence-corrected chi connectivity index (χ4v) is 3.36. The summed E-state index contributed by atoms with van der Waals surface area (Å²) >= 11 is 0. The standard InChI is InChI=1S/C13H26N2O/c1-2-11-8-14-9-13(11)15-7-5-3-4-6-12(15)10-16/h11-14,16H,2-10H2,1H3. The van der Waals surface area contributed by atoms with Crippen LogP contribution in [-0.4, -0.2) is 48.3 Å². The normalized spacial score (nSPS) is 37.5. The second kappa shape index (κ2) is 5.99. The lowest BCUT2D eigenvalue weighted by Crippen LogP contribution is -2.48. The number of aliphatic hydroxyl groups is 1. The Kier molecular flexibility index (Phi) is 4.62. The van der Waals surface area contributed by atoms with Crippen molar-refractivity contribution < 1.29 is 5.11 Å². The van der Waals surface area contributed by atoms with Crippen molar-refractivity contribution in [3.8, 4) is 0 Å². The highest BCUT2D eigenvalue weighted by molar-refractivity contribution is 4.91. The summed E-state index contributed by atoms with van der Waals surface area (Å²) in [4.78, 5) is 2.60. The molecule has 16 heavy (non-hydrogen) atoms. The number of likely N-dealkylation sites (tertiary alicyclic amines) is 1. The molecule has 3 unspecified atom stereocenters. The zero-order valence-corrected chi connectivity index (χ0v) is 10.5. The van der Waals surface area contributed by atoms with Crippen LogP contribution in [-0.2, 0) is 0 Å². The number of rotatable bonds is 3. The predicted molar refractivity (Wildman–Crippen MR) is 66.5 cm³/mol. The molecule has 0 aliphatic carbocycles. The third kappa shape index (κ3) is 2.58. The molecule has 0 aromatic heterocycles. The van der Waals surface area contributed by atoms with E-state index in [2.05, 4.69) is 17.1 Å². The maximum absolute atomic E-state index is 9.54. The highest BCUT2D eigenvalue weighted by Crippen LogP contribution is 2.25. The average molecular weight is 226 g/mol. The molecule has 0 bridgehead atoms. The van der Waals surface area contributed by atoms with Crippen molar-refractivity contribution in [2.75, 3.05) is 26.2 Å². The molecule has 2 saturated heterocycles. The molecule has 2 heterocycles. The Morgan fingerprint density at radius 1 is 1.25 bits per heavy atom. The molecule has 94 valence electrons. The Morgan fingerprint density at radius 3 is 2.88 bits per heavy atom. The van der Waals surface area contributed by atoms with Crippen LogP contribution < -0.4 is 5.32 Å². The molecule has 3 heteroatoms. The van der Waals surface area contributed by atoms with Gasteiger partial charge in [0.25, 0.3) is 0 Å². The SMILES string of the molecule is CCC1CNCC1N1CCCCCC1CO. The largest absolute Gasteiger partial charge is 0.395 e. The summed E-state index contributed by atoms with van der Waals surface area (Å²) in [5, 5.41) is 13.1.